The van der Waals surface area contributed by atoms with Crippen LogP contribution in [-0.2, 0) is 20.6 Å². The van der Waals surface area contributed by atoms with E-state index in [9.17, 15) is 18.0 Å². The first kappa shape index (κ1) is 17.5. The van der Waals surface area contributed by atoms with Crippen LogP contribution in [0.1, 0.15) is 22.8 Å². The zero-order valence-corrected chi connectivity index (χ0v) is 11.8. The Labute approximate surface area is 120 Å². The second kappa shape index (κ2) is 7.99. The summed E-state index contributed by atoms with van der Waals surface area (Å²) in [6, 6.07) is 6.31. The number of ether oxygens (including phenoxy) is 3. The van der Waals surface area contributed by atoms with Crippen molar-refractivity contribution < 1.29 is 32.2 Å². The smallest absolute Gasteiger partial charge is 0.411 e. The van der Waals surface area contributed by atoms with Crippen molar-refractivity contribution in [1.29, 1.82) is 0 Å². The van der Waals surface area contributed by atoms with Crippen LogP contribution >= 0.6 is 0 Å². The van der Waals surface area contributed by atoms with Crippen LogP contribution in [0.15, 0.2) is 24.3 Å². The number of hydrogen-bond donors (Lipinski definition) is 0. The molecule has 1 atom stereocenters. The highest BCUT2D eigenvalue weighted by Gasteiger charge is 2.29. The van der Waals surface area contributed by atoms with Crippen molar-refractivity contribution in [3.63, 3.8) is 0 Å². The number of alkyl halides is 3. The summed E-state index contributed by atoms with van der Waals surface area (Å²) < 4.78 is 50.8. The highest BCUT2D eigenvalue weighted by molar-refractivity contribution is 5.89. The van der Waals surface area contributed by atoms with Crippen LogP contribution in [0.5, 0.6) is 0 Å². The standard InChI is InChI=1S/C14H17F3O4/c1-3-20-12(21-9-14(15,16)17)8-10-4-6-11(7-5-10)13(18)19-2/h4-7,12H,3,8-9H2,1-2H3. The van der Waals surface area contributed by atoms with Crippen LogP contribution in [0, 0.1) is 0 Å². The number of hydrogen-bond acceptors (Lipinski definition) is 4. The summed E-state index contributed by atoms with van der Waals surface area (Å²) in [5, 5.41) is 0. The van der Waals surface area contributed by atoms with Crippen molar-refractivity contribution in [3.8, 4) is 0 Å². The Bertz CT molecular complexity index is 443. The van der Waals surface area contributed by atoms with E-state index in [1.807, 2.05) is 0 Å². The molecule has 0 bridgehead atoms. The van der Waals surface area contributed by atoms with E-state index in [2.05, 4.69) is 4.74 Å². The second-order valence-electron chi connectivity index (χ2n) is 4.20. The maximum atomic E-state index is 12.1. The Morgan fingerprint density at radius 2 is 1.81 bits per heavy atom. The lowest BCUT2D eigenvalue weighted by Crippen LogP contribution is -2.27. The summed E-state index contributed by atoms with van der Waals surface area (Å²) >= 11 is 0. The van der Waals surface area contributed by atoms with Gasteiger partial charge in [0.1, 0.15) is 6.61 Å². The first-order chi connectivity index (χ1) is 9.85. The molecule has 0 aliphatic carbocycles. The Balaban J connectivity index is 2.64. The Kier molecular flexibility index (Phi) is 6.64. The monoisotopic (exact) mass is 306 g/mol. The van der Waals surface area contributed by atoms with Crippen LogP contribution in [0.4, 0.5) is 13.2 Å². The van der Waals surface area contributed by atoms with Crippen molar-refractivity contribution in [3.05, 3.63) is 35.4 Å². The van der Waals surface area contributed by atoms with Gasteiger partial charge in [-0.1, -0.05) is 12.1 Å². The Hall–Kier alpha value is -1.60. The van der Waals surface area contributed by atoms with Crippen LogP contribution in [0.25, 0.3) is 0 Å². The summed E-state index contributed by atoms with van der Waals surface area (Å²) in [6.45, 7) is 0.547. The zero-order chi connectivity index (χ0) is 15.9. The minimum Gasteiger partial charge on any atom is -0.465 e. The molecule has 0 amide bonds. The molecule has 118 valence electrons. The molecule has 0 aromatic heterocycles. The number of benzene rings is 1. The summed E-state index contributed by atoms with van der Waals surface area (Å²) in [7, 11) is 1.27. The normalized spacial score (nSPS) is 13.0. The van der Waals surface area contributed by atoms with E-state index in [1.165, 1.54) is 19.2 Å². The number of carbonyl (C=O) groups excluding carboxylic acids is 1. The van der Waals surface area contributed by atoms with Gasteiger partial charge in [-0.25, -0.2) is 4.79 Å². The van der Waals surface area contributed by atoms with E-state index in [-0.39, 0.29) is 13.0 Å². The summed E-state index contributed by atoms with van der Waals surface area (Å²) in [4.78, 5) is 11.3. The zero-order valence-electron chi connectivity index (χ0n) is 11.8. The molecule has 0 heterocycles. The minimum atomic E-state index is -4.40. The molecule has 0 aliphatic rings. The Morgan fingerprint density at radius 3 is 2.29 bits per heavy atom. The lowest BCUT2D eigenvalue weighted by atomic mass is 10.1. The van der Waals surface area contributed by atoms with E-state index in [1.54, 1.807) is 19.1 Å². The molecule has 7 heteroatoms. The van der Waals surface area contributed by atoms with Crippen molar-refractivity contribution >= 4 is 5.97 Å². The maximum Gasteiger partial charge on any atom is 0.411 e. The van der Waals surface area contributed by atoms with E-state index >= 15 is 0 Å². The van der Waals surface area contributed by atoms with Crippen molar-refractivity contribution in [1.82, 2.24) is 0 Å². The molecular formula is C14H17F3O4. The molecule has 0 saturated carbocycles. The molecule has 0 saturated heterocycles. The molecule has 0 aliphatic heterocycles. The fraction of sp³-hybridized carbons (Fsp3) is 0.500. The van der Waals surface area contributed by atoms with Crippen LogP contribution in [0.3, 0.4) is 0 Å². The highest BCUT2D eigenvalue weighted by Crippen LogP contribution is 2.17. The van der Waals surface area contributed by atoms with Crippen molar-refractivity contribution in [2.75, 3.05) is 20.3 Å². The first-order valence-corrected chi connectivity index (χ1v) is 6.33. The van der Waals surface area contributed by atoms with Crippen LogP contribution in [-0.4, -0.2) is 38.8 Å². The fourth-order valence-corrected chi connectivity index (χ4v) is 1.63. The van der Waals surface area contributed by atoms with Crippen LogP contribution in [0.2, 0.25) is 0 Å². The number of esters is 1. The fourth-order valence-electron chi connectivity index (χ4n) is 1.63. The van der Waals surface area contributed by atoms with E-state index in [4.69, 9.17) is 9.47 Å². The van der Waals surface area contributed by atoms with Gasteiger partial charge in [0.2, 0.25) is 0 Å². The average Bonchev–Trinajstić information content (AvgIpc) is 2.44. The van der Waals surface area contributed by atoms with E-state index < -0.39 is 25.0 Å². The summed E-state index contributed by atoms with van der Waals surface area (Å²) in [5.74, 6) is -0.476. The summed E-state index contributed by atoms with van der Waals surface area (Å²) in [5.41, 5.74) is 1.06. The molecule has 0 fully saturated rings. The topological polar surface area (TPSA) is 44.8 Å². The largest absolute Gasteiger partial charge is 0.465 e. The number of methoxy groups -OCH3 is 1. The predicted molar refractivity (Wildman–Crippen MR) is 68.9 cm³/mol. The molecule has 21 heavy (non-hydrogen) atoms. The molecule has 1 unspecified atom stereocenters. The third-order valence-electron chi connectivity index (χ3n) is 2.56. The lowest BCUT2D eigenvalue weighted by molar-refractivity contribution is -0.227. The van der Waals surface area contributed by atoms with Crippen LogP contribution < -0.4 is 0 Å². The molecule has 1 aromatic carbocycles. The molecule has 1 aromatic rings. The molecule has 4 nitrogen and oxygen atoms in total. The van der Waals surface area contributed by atoms with Gasteiger partial charge in [0.15, 0.2) is 6.29 Å². The molecule has 0 N–H and O–H groups in total. The van der Waals surface area contributed by atoms with Gasteiger partial charge in [-0.05, 0) is 24.6 Å². The third kappa shape index (κ3) is 6.59. The van der Waals surface area contributed by atoms with Gasteiger partial charge >= 0.3 is 12.1 Å². The molecule has 0 radical (unpaired) electrons. The third-order valence-corrected chi connectivity index (χ3v) is 2.56. The van der Waals surface area contributed by atoms with Crippen molar-refractivity contribution in [2.45, 2.75) is 25.8 Å². The lowest BCUT2D eigenvalue weighted by Gasteiger charge is -2.19. The number of rotatable bonds is 7. The van der Waals surface area contributed by atoms with Gasteiger partial charge in [-0.2, -0.15) is 13.2 Å². The second-order valence-corrected chi connectivity index (χ2v) is 4.20. The van der Waals surface area contributed by atoms with E-state index in [0.29, 0.717) is 11.1 Å². The van der Waals surface area contributed by atoms with Gasteiger partial charge in [0.25, 0.3) is 0 Å². The van der Waals surface area contributed by atoms with Gasteiger partial charge in [-0.3, -0.25) is 0 Å². The quantitative estimate of drug-likeness (QED) is 0.574. The minimum absolute atomic E-state index is 0.158. The highest BCUT2D eigenvalue weighted by atomic mass is 19.4. The molecular weight excluding hydrogens is 289 g/mol. The van der Waals surface area contributed by atoms with Gasteiger partial charge in [0.05, 0.1) is 12.7 Å². The molecule has 0 spiro atoms. The van der Waals surface area contributed by atoms with Gasteiger partial charge < -0.3 is 14.2 Å². The average molecular weight is 306 g/mol. The van der Waals surface area contributed by atoms with Gasteiger partial charge in [0, 0.05) is 13.0 Å². The number of halogens is 3. The first-order valence-electron chi connectivity index (χ1n) is 6.33. The van der Waals surface area contributed by atoms with Crippen molar-refractivity contribution in [2.24, 2.45) is 0 Å². The van der Waals surface area contributed by atoms with Gasteiger partial charge in [-0.15, -0.1) is 0 Å². The van der Waals surface area contributed by atoms with E-state index in [0.717, 1.165) is 0 Å². The number of carbonyl (C=O) groups is 1. The SMILES string of the molecule is CCOC(Cc1ccc(C(=O)OC)cc1)OCC(F)(F)F. The Morgan fingerprint density at radius 1 is 1.19 bits per heavy atom. The molecule has 1 rings (SSSR count). The summed E-state index contributed by atoms with van der Waals surface area (Å²) in [6.07, 6.45) is -5.23. The maximum absolute atomic E-state index is 12.1. The predicted octanol–water partition coefficient (Wildman–Crippen LogP) is 2.96.